The second-order valence-corrected chi connectivity index (χ2v) is 35.4. The lowest BCUT2D eigenvalue weighted by Crippen LogP contribution is -2.43. The molecule has 112 heavy (non-hydrogen) atoms. The molecular formula is C92H130ClF2N5O10S2. The lowest BCUT2D eigenvalue weighted by Gasteiger charge is -2.34. The van der Waals surface area contributed by atoms with Gasteiger partial charge in [0.15, 0.2) is 27.1 Å². The number of aliphatic hydroxyl groups excluding tert-OH is 1. The van der Waals surface area contributed by atoms with Gasteiger partial charge in [-0.25, -0.2) is 17.2 Å². The highest BCUT2D eigenvalue weighted by molar-refractivity contribution is 7.99. The molecule has 0 spiro atoms. The first-order valence-electron chi connectivity index (χ1n) is 40.3. The number of hydrogen-bond acceptors (Lipinski definition) is 14. The van der Waals surface area contributed by atoms with Gasteiger partial charge in [-0.05, 0) is 208 Å². The minimum absolute atomic E-state index is 0.0381. The van der Waals surface area contributed by atoms with Crippen LogP contribution in [-0.4, -0.2) is 139 Å². The number of likely N-dealkylation sites (tertiary alicyclic amines) is 1. The minimum Gasteiger partial charge on any atom is -0.491 e. The third-order valence-electron chi connectivity index (χ3n) is 18.7. The molecule has 0 bridgehead atoms. The van der Waals surface area contributed by atoms with E-state index in [-0.39, 0.29) is 35.4 Å². The van der Waals surface area contributed by atoms with E-state index < -0.39 is 32.8 Å². The van der Waals surface area contributed by atoms with Crippen LogP contribution < -0.4 is 30.2 Å². The third-order valence-corrected chi connectivity index (χ3v) is 22.9. The van der Waals surface area contributed by atoms with Crippen molar-refractivity contribution in [1.82, 2.24) is 20.4 Å². The van der Waals surface area contributed by atoms with Crippen molar-refractivity contribution < 1.29 is 55.6 Å². The fourth-order valence-corrected chi connectivity index (χ4v) is 15.7. The molecule has 1 heterocycles. The van der Waals surface area contributed by atoms with Gasteiger partial charge >= 0.3 is 0 Å². The first-order chi connectivity index (χ1) is 53.3. The van der Waals surface area contributed by atoms with Crippen LogP contribution in [0.1, 0.15) is 216 Å². The summed E-state index contributed by atoms with van der Waals surface area (Å²) in [7, 11) is -3.39. The molecule has 6 unspecified atom stereocenters. The van der Waals surface area contributed by atoms with E-state index >= 15 is 0 Å². The van der Waals surface area contributed by atoms with Crippen LogP contribution in [0.25, 0.3) is 0 Å². The second-order valence-electron chi connectivity index (χ2n) is 30.9. The number of thioether (sulfide) groups is 1. The number of halogens is 3. The van der Waals surface area contributed by atoms with Crippen LogP contribution in [0.5, 0.6) is 17.2 Å². The first-order valence-corrected chi connectivity index (χ1v) is 43.3. The molecule has 7 aromatic carbocycles. The molecule has 616 valence electrons. The number of aryl methyl sites for hydroxylation is 2. The summed E-state index contributed by atoms with van der Waals surface area (Å²) in [4.78, 5) is 41.3. The van der Waals surface area contributed by atoms with E-state index in [9.17, 15) is 36.7 Å². The van der Waals surface area contributed by atoms with Gasteiger partial charge in [-0.2, -0.15) is 11.8 Å². The van der Waals surface area contributed by atoms with Crippen molar-refractivity contribution in [3.63, 3.8) is 0 Å². The van der Waals surface area contributed by atoms with Crippen molar-refractivity contribution in [1.29, 1.82) is 0 Å². The lowest BCUT2D eigenvalue weighted by molar-refractivity contribution is -0.133. The lowest BCUT2D eigenvalue weighted by atomic mass is 9.94. The highest BCUT2D eigenvalue weighted by atomic mass is 35.5. The Morgan fingerprint density at radius 2 is 1.27 bits per heavy atom. The number of nitrogens with zero attached hydrogens (tertiary/aromatic N) is 2. The quantitative estimate of drug-likeness (QED) is 0.0301. The van der Waals surface area contributed by atoms with Crippen LogP contribution >= 0.6 is 23.4 Å². The van der Waals surface area contributed by atoms with Gasteiger partial charge in [-0.3, -0.25) is 14.4 Å². The topological polar surface area (TPSA) is 185 Å². The number of benzene rings is 7. The molecule has 20 heteroatoms. The molecular weight excluding hydrogens is 1470 g/mol. The molecule has 15 nitrogen and oxygen atoms in total. The molecule has 3 fully saturated rings. The van der Waals surface area contributed by atoms with E-state index in [1.165, 1.54) is 50.5 Å². The van der Waals surface area contributed by atoms with E-state index in [1.54, 1.807) is 44.2 Å². The number of carbonyl (C=O) groups is 3. The smallest absolute Gasteiger partial charge is 0.236 e. The van der Waals surface area contributed by atoms with Crippen molar-refractivity contribution in [2.24, 2.45) is 11.8 Å². The summed E-state index contributed by atoms with van der Waals surface area (Å²) >= 11 is 8.13. The molecule has 2 amide bonds. The van der Waals surface area contributed by atoms with Crippen LogP contribution in [0.3, 0.4) is 0 Å². The van der Waals surface area contributed by atoms with Crippen molar-refractivity contribution in [2.75, 3.05) is 43.9 Å². The Bertz CT molecular complexity index is 3900. The number of hydrogen-bond donors (Lipinski definition) is 4. The number of carbonyl (C=O) groups excluding carboxylic acids is 3. The van der Waals surface area contributed by atoms with E-state index in [4.69, 9.17) is 30.5 Å². The average molecular weight is 1600 g/mol. The number of sulfone groups is 1. The maximum atomic E-state index is 13.1. The largest absolute Gasteiger partial charge is 0.491 e. The highest BCUT2D eigenvalue weighted by Crippen LogP contribution is 2.36. The molecule has 1 saturated heterocycles. The van der Waals surface area contributed by atoms with Crippen LogP contribution in [0, 0.1) is 31.5 Å². The molecule has 6 atom stereocenters. The Kier molecular flexibility index (Phi) is 42.8. The van der Waals surface area contributed by atoms with Gasteiger partial charge in [0.05, 0.1) is 43.2 Å². The van der Waals surface area contributed by atoms with Crippen molar-refractivity contribution in [2.45, 2.75) is 253 Å². The Labute approximate surface area is 679 Å². The summed E-state index contributed by atoms with van der Waals surface area (Å²) in [5.41, 5.74) is 7.72. The van der Waals surface area contributed by atoms with Gasteiger partial charge in [-0.15, -0.1) is 0 Å². The zero-order valence-electron chi connectivity index (χ0n) is 69.7. The zero-order valence-corrected chi connectivity index (χ0v) is 72.0. The number of para-hydroxylation sites is 1. The number of nitrogens with one attached hydrogen (secondary N) is 3. The number of aliphatic hydroxyl groups is 1. The highest BCUT2D eigenvalue weighted by Gasteiger charge is 2.34. The normalized spacial score (nSPS) is 16.3. The Morgan fingerprint density at radius 3 is 1.81 bits per heavy atom. The number of ketones is 1. The van der Waals surface area contributed by atoms with Gasteiger partial charge in [-0.1, -0.05) is 187 Å². The van der Waals surface area contributed by atoms with Gasteiger partial charge in [0.25, 0.3) is 0 Å². The second kappa shape index (κ2) is 50.2. The van der Waals surface area contributed by atoms with Crippen LogP contribution in [0.2, 0.25) is 5.02 Å². The zero-order chi connectivity index (χ0) is 82.5. The molecule has 3 aliphatic rings. The average Bonchev–Trinajstić information content (AvgIpc) is 0.990. The first kappa shape index (κ1) is 95.4. The minimum atomic E-state index is -3.39. The van der Waals surface area contributed by atoms with Crippen molar-refractivity contribution in [3.8, 4) is 17.2 Å². The van der Waals surface area contributed by atoms with E-state index in [0.29, 0.717) is 108 Å². The van der Waals surface area contributed by atoms with Gasteiger partial charge in [0.1, 0.15) is 16.8 Å². The van der Waals surface area contributed by atoms with Crippen molar-refractivity contribution >= 4 is 56.5 Å². The van der Waals surface area contributed by atoms with E-state index in [1.807, 2.05) is 181 Å². The van der Waals surface area contributed by atoms with Gasteiger partial charge < -0.3 is 49.8 Å². The SMILES string of the molecule is CC(C)N1CCCC(C(=O)Nc2ccccc2)C1.CC(C)NCC(O)COCc1ccccc1Cl.CCOc1cc(CN(C(=O)CC(C)C)C2CC2)ccc1OC(C)F.CCSC1CCCCC1NC(C)C.Cc1ccc(C(=O)c2ccc(OC(C)C)cc2)cc1.Cc1ccc(C(c2ccc(F)cc2)S(=O)(=O)C(C)C)cc1. The number of ether oxygens (including phenoxy) is 4. The van der Waals surface area contributed by atoms with Gasteiger partial charge in [0, 0.05) is 90.3 Å². The number of piperidine rings is 1. The summed E-state index contributed by atoms with van der Waals surface area (Å²) < 4.78 is 73.3. The number of rotatable bonds is 31. The standard InChI is InChI=1S/C19H28FNO3.C17H19FO2S.C17H18O2.C15H22N2O.C13H20ClNO2.C11H23NS/c1-5-23-18-11-15(6-9-17(18)24-14(4)20)12-21(16-7-8-16)19(22)10-13(2)3;1-12(2)21(19,20)17(14-6-4-13(3)5-7-14)15-8-10-16(18)11-9-15;1-12(2)19-16-10-8-15(9-11-16)17(18)14-6-4-13(3)5-7-14;1-12(2)17-10-6-7-13(11-17)15(18)16-14-8-4-3-5-9-14;1-10(2)15-7-12(16)9-17-8-11-5-3-4-6-13(11)14;1-4-13-11-8-6-5-7-10(11)12-9(2)3/h6,9,11,13-14,16H,5,7-8,10,12H2,1-4H3;4-12,17H,1-3H3;4-12H,1-3H3;3-5,8-9,12-13H,6-7,10-11H2,1-2H3,(H,16,18);3-6,10,12,15-16H,7-9H2,1-2H3;9-12H,4-8H2,1-3H3. The van der Waals surface area contributed by atoms with Crippen molar-refractivity contribution in [3.05, 3.63) is 225 Å². The number of alkyl halides is 1. The fourth-order valence-electron chi connectivity index (χ4n) is 12.6. The molecule has 10 rings (SSSR count). The van der Waals surface area contributed by atoms with Crippen LogP contribution in [0.15, 0.2) is 170 Å². The number of anilines is 1. The molecule has 1 aliphatic heterocycles. The molecule has 4 N–H and O–H groups in total. The fraction of sp³-hybridized carbons (Fsp3) is 0.511. The molecule has 0 radical (unpaired) electrons. The van der Waals surface area contributed by atoms with Crippen LogP contribution in [0.4, 0.5) is 14.5 Å². The van der Waals surface area contributed by atoms with E-state index in [0.717, 1.165) is 83.8 Å². The molecule has 0 aromatic heterocycles. The summed E-state index contributed by atoms with van der Waals surface area (Å²) in [6.07, 6.45) is 8.75. The third kappa shape index (κ3) is 35.3. The summed E-state index contributed by atoms with van der Waals surface area (Å²) in [6.45, 7) is 38.1. The van der Waals surface area contributed by atoms with E-state index in [2.05, 4.69) is 81.1 Å². The summed E-state index contributed by atoms with van der Waals surface area (Å²) in [6, 6.07) is 53.3. The Hall–Kier alpha value is -7.20. The summed E-state index contributed by atoms with van der Waals surface area (Å²) in [5.74, 6) is 3.46. The monoisotopic (exact) mass is 1600 g/mol. The molecule has 2 saturated carbocycles. The van der Waals surface area contributed by atoms with Gasteiger partial charge in [0.2, 0.25) is 18.2 Å². The maximum Gasteiger partial charge on any atom is 0.236 e. The predicted octanol–water partition coefficient (Wildman–Crippen LogP) is 20.4. The maximum absolute atomic E-state index is 13.1. The molecule has 7 aromatic rings. The predicted molar refractivity (Wildman–Crippen MR) is 459 cm³/mol. The Morgan fingerprint density at radius 1 is 0.679 bits per heavy atom. The Balaban J connectivity index is 0.000000242. The molecule has 2 aliphatic carbocycles. The summed E-state index contributed by atoms with van der Waals surface area (Å²) in [5, 5.41) is 19.8. The van der Waals surface area contributed by atoms with Crippen LogP contribution in [-0.2, 0) is 37.3 Å². The number of amides is 2.